The second kappa shape index (κ2) is 4.45. The molecule has 3 rings (SSSR count). The summed E-state index contributed by atoms with van der Waals surface area (Å²) in [6.45, 7) is 2.89. The Morgan fingerprint density at radius 2 is 2.00 bits per heavy atom. The smallest absolute Gasteiger partial charge is 0.0606 e. The highest BCUT2D eigenvalue weighted by atomic mass is 15.2. The summed E-state index contributed by atoms with van der Waals surface area (Å²) in [6, 6.07) is 14.5. The SMILES string of the molecule is c1ccc(CN2CCNc3ccccc32)nc1. The molecule has 0 radical (unpaired) electrons. The summed E-state index contributed by atoms with van der Waals surface area (Å²) in [5.74, 6) is 0. The zero-order valence-corrected chi connectivity index (χ0v) is 9.63. The Bertz CT molecular complexity index is 496. The van der Waals surface area contributed by atoms with Crippen molar-refractivity contribution < 1.29 is 0 Å². The van der Waals surface area contributed by atoms with Gasteiger partial charge in [-0.1, -0.05) is 18.2 Å². The number of anilines is 2. The number of rotatable bonds is 2. The second-order valence-electron chi connectivity index (χ2n) is 4.19. The van der Waals surface area contributed by atoms with E-state index in [0.29, 0.717) is 0 Å². The average molecular weight is 225 g/mol. The molecular weight excluding hydrogens is 210 g/mol. The monoisotopic (exact) mass is 225 g/mol. The highest BCUT2D eigenvalue weighted by Crippen LogP contribution is 2.29. The van der Waals surface area contributed by atoms with Crippen molar-refractivity contribution in [2.24, 2.45) is 0 Å². The van der Waals surface area contributed by atoms with Crippen molar-refractivity contribution in [2.45, 2.75) is 6.54 Å². The Balaban J connectivity index is 1.86. The first kappa shape index (κ1) is 10.1. The van der Waals surface area contributed by atoms with Crippen LogP contribution in [0.2, 0.25) is 0 Å². The lowest BCUT2D eigenvalue weighted by Gasteiger charge is -2.31. The Morgan fingerprint density at radius 1 is 1.12 bits per heavy atom. The fourth-order valence-electron chi connectivity index (χ4n) is 2.20. The van der Waals surface area contributed by atoms with Gasteiger partial charge < -0.3 is 10.2 Å². The Morgan fingerprint density at radius 3 is 2.88 bits per heavy atom. The van der Waals surface area contributed by atoms with Crippen LogP contribution in [0.25, 0.3) is 0 Å². The number of aromatic nitrogens is 1. The van der Waals surface area contributed by atoms with Gasteiger partial charge in [0, 0.05) is 19.3 Å². The number of benzene rings is 1. The molecule has 17 heavy (non-hydrogen) atoms. The fourth-order valence-corrected chi connectivity index (χ4v) is 2.20. The highest BCUT2D eigenvalue weighted by molar-refractivity contribution is 5.71. The van der Waals surface area contributed by atoms with E-state index in [9.17, 15) is 0 Å². The first-order valence-corrected chi connectivity index (χ1v) is 5.91. The number of nitrogens with zero attached hydrogens (tertiary/aromatic N) is 2. The van der Waals surface area contributed by atoms with Crippen molar-refractivity contribution in [1.29, 1.82) is 0 Å². The van der Waals surface area contributed by atoms with E-state index in [-0.39, 0.29) is 0 Å². The average Bonchev–Trinajstić information content (AvgIpc) is 2.40. The molecule has 0 aliphatic carbocycles. The minimum Gasteiger partial charge on any atom is -0.382 e. The van der Waals surface area contributed by atoms with Gasteiger partial charge in [0.1, 0.15) is 0 Å². The Hall–Kier alpha value is -2.03. The predicted octanol–water partition coefficient (Wildman–Crippen LogP) is 2.51. The minimum atomic E-state index is 0.875. The van der Waals surface area contributed by atoms with Crippen LogP contribution < -0.4 is 10.2 Å². The van der Waals surface area contributed by atoms with Gasteiger partial charge in [-0.15, -0.1) is 0 Å². The minimum absolute atomic E-state index is 0.875. The van der Waals surface area contributed by atoms with Crippen molar-refractivity contribution in [3.05, 3.63) is 54.4 Å². The maximum absolute atomic E-state index is 4.38. The van der Waals surface area contributed by atoms with Crippen LogP contribution in [0, 0.1) is 0 Å². The summed E-state index contributed by atoms with van der Waals surface area (Å²) in [5.41, 5.74) is 3.60. The summed E-state index contributed by atoms with van der Waals surface area (Å²) in [5, 5.41) is 3.42. The number of para-hydroxylation sites is 2. The first-order chi connectivity index (χ1) is 8.43. The van der Waals surface area contributed by atoms with Gasteiger partial charge in [0.25, 0.3) is 0 Å². The number of hydrogen-bond acceptors (Lipinski definition) is 3. The number of hydrogen-bond donors (Lipinski definition) is 1. The Kier molecular flexibility index (Phi) is 2.66. The van der Waals surface area contributed by atoms with Crippen LogP contribution in [0.15, 0.2) is 48.7 Å². The quantitative estimate of drug-likeness (QED) is 0.851. The molecule has 0 spiro atoms. The third-order valence-electron chi connectivity index (χ3n) is 3.02. The zero-order valence-electron chi connectivity index (χ0n) is 9.63. The molecule has 0 amide bonds. The topological polar surface area (TPSA) is 28.2 Å². The van der Waals surface area contributed by atoms with E-state index in [4.69, 9.17) is 0 Å². The maximum atomic E-state index is 4.38. The first-order valence-electron chi connectivity index (χ1n) is 5.91. The largest absolute Gasteiger partial charge is 0.382 e. The van der Waals surface area contributed by atoms with Gasteiger partial charge in [0.2, 0.25) is 0 Å². The molecule has 0 fully saturated rings. The van der Waals surface area contributed by atoms with Gasteiger partial charge in [-0.2, -0.15) is 0 Å². The second-order valence-corrected chi connectivity index (χ2v) is 4.19. The molecule has 1 aliphatic rings. The van der Waals surface area contributed by atoms with E-state index >= 15 is 0 Å². The van der Waals surface area contributed by atoms with E-state index in [1.54, 1.807) is 0 Å². The molecule has 1 aromatic carbocycles. The zero-order chi connectivity index (χ0) is 11.5. The fraction of sp³-hybridized carbons (Fsp3) is 0.214. The summed E-state index contributed by atoms with van der Waals surface area (Å²) < 4.78 is 0. The van der Waals surface area contributed by atoms with Gasteiger partial charge in [0.05, 0.1) is 23.6 Å². The normalized spacial score (nSPS) is 14.0. The predicted molar refractivity (Wildman–Crippen MR) is 70.2 cm³/mol. The van der Waals surface area contributed by atoms with Crippen molar-refractivity contribution in [3.63, 3.8) is 0 Å². The molecule has 0 unspecified atom stereocenters. The molecular formula is C14H15N3. The molecule has 1 aliphatic heterocycles. The summed E-state index contributed by atoms with van der Waals surface area (Å²) >= 11 is 0. The number of nitrogens with one attached hydrogen (secondary N) is 1. The number of pyridine rings is 1. The Labute approximate surface area is 101 Å². The van der Waals surface area contributed by atoms with Crippen molar-refractivity contribution in [3.8, 4) is 0 Å². The number of fused-ring (bicyclic) bond motifs is 1. The lowest BCUT2D eigenvalue weighted by atomic mass is 10.2. The van der Waals surface area contributed by atoms with Crippen LogP contribution in [0.1, 0.15) is 5.69 Å². The van der Waals surface area contributed by atoms with Crippen LogP contribution in [0.5, 0.6) is 0 Å². The van der Waals surface area contributed by atoms with E-state index in [1.807, 2.05) is 18.3 Å². The van der Waals surface area contributed by atoms with Crippen molar-refractivity contribution in [2.75, 3.05) is 23.3 Å². The van der Waals surface area contributed by atoms with Gasteiger partial charge >= 0.3 is 0 Å². The van der Waals surface area contributed by atoms with E-state index in [1.165, 1.54) is 11.4 Å². The van der Waals surface area contributed by atoms with Gasteiger partial charge in [-0.25, -0.2) is 0 Å². The van der Waals surface area contributed by atoms with E-state index in [2.05, 4.69) is 45.5 Å². The van der Waals surface area contributed by atoms with Crippen LogP contribution in [-0.4, -0.2) is 18.1 Å². The van der Waals surface area contributed by atoms with Crippen LogP contribution in [0.4, 0.5) is 11.4 Å². The molecule has 0 saturated carbocycles. The van der Waals surface area contributed by atoms with Gasteiger partial charge in [-0.05, 0) is 24.3 Å². The standard InChI is InChI=1S/C14H15N3/c1-2-7-14-13(6-1)16-9-10-17(14)11-12-5-3-4-8-15-12/h1-8,16H,9-11H2. The molecule has 1 aromatic heterocycles. The third kappa shape index (κ3) is 2.09. The molecule has 2 aromatic rings. The summed E-state index contributed by atoms with van der Waals surface area (Å²) in [7, 11) is 0. The maximum Gasteiger partial charge on any atom is 0.0606 e. The molecule has 2 heterocycles. The van der Waals surface area contributed by atoms with Gasteiger partial charge in [0.15, 0.2) is 0 Å². The molecule has 0 bridgehead atoms. The van der Waals surface area contributed by atoms with E-state index in [0.717, 1.165) is 25.3 Å². The highest BCUT2D eigenvalue weighted by Gasteiger charge is 2.15. The third-order valence-corrected chi connectivity index (χ3v) is 3.02. The molecule has 0 atom stereocenters. The molecule has 0 saturated heterocycles. The molecule has 86 valence electrons. The lowest BCUT2D eigenvalue weighted by molar-refractivity contribution is 0.771. The van der Waals surface area contributed by atoms with Crippen molar-refractivity contribution in [1.82, 2.24) is 4.98 Å². The lowest BCUT2D eigenvalue weighted by Crippen LogP contribution is -2.33. The molecule has 3 nitrogen and oxygen atoms in total. The molecule has 3 heteroatoms. The molecule has 1 N–H and O–H groups in total. The van der Waals surface area contributed by atoms with Crippen molar-refractivity contribution >= 4 is 11.4 Å². The van der Waals surface area contributed by atoms with Crippen LogP contribution in [0.3, 0.4) is 0 Å². The summed E-state index contributed by atoms with van der Waals surface area (Å²) in [4.78, 5) is 6.75. The van der Waals surface area contributed by atoms with Gasteiger partial charge in [-0.3, -0.25) is 4.98 Å². The van der Waals surface area contributed by atoms with Crippen LogP contribution >= 0.6 is 0 Å². The van der Waals surface area contributed by atoms with Crippen LogP contribution in [-0.2, 0) is 6.54 Å². The summed E-state index contributed by atoms with van der Waals surface area (Å²) in [6.07, 6.45) is 1.85. The van der Waals surface area contributed by atoms with E-state index < -0.39 is 0 Å².